The van der Waals surface area contributed by atoms with Gasteiger partial charge in [-0.05, 0) is 42.0 Å². The Labute approximate surface area is 148 Å². The second-order valence-corrected chi connectivity index (χ2v) is 6.88. The fourth-order valence-electron chi connectivity index (χ4n) is 3.75. The number of rotatable bonds is 4. The first kappa shape index (κ1) is 15.8. The predicted octanol–water partition coefficient (Wildman–Crippen LogP) is 4.31. The van der Waals surface area contributed by atoms with Gasteiger partial charge in [-0.15, -0.1) is 0 Å². The fourth-order valence-corrected chi connectivity index (χ4v) is 3.75. The third kappa shape index (κ3) is 3.27. The van der Waals surface area contributed by atoms with Crippen LogP contribution < -0.4 is 0 Å². The fraction of sp³-hybridized carbons (Fsp3) is 0.273. The largest absolute Gasteiger partial charge is 0.340 e. The third-order valence-corrected chi connectivity index (χ3v) is 5.16. The summed E-state index contributed by atoms with van der Waals surface area (Å²) in [5.41, 5.74) is 4.67. The van der Waals surface area contributed by atoms with Gasteiger partial charge in [-0.2, -0.15) is 0 Å². The Morgan fingerprint density at radius 3 is 2.80 bits per heavy atom. The van der Waals surface area contributed by atoms with Crippen molar-refractivity contribution in [2.75, 3.05) is 7.05 Å². The average Bonchev–Trinajstić information content (AvgIpc) is 3.04. The van der Waals surface area contributed by atoms with Crippen LogP contribution in [-0.4, -0.2) is 22.8 Å². The van der Waals surface area contributed by atoms with Crippen molar-refractivity contribution in [3.05, 3.63) is 77.5 Å². The molecule has 3 nitrogen and oxygen atoms in total. The summed E-state index contributed by atoms with van der Waals surface area (Å²) in [5.74, 6) is 0.548. The van der Waals surface area contributed by atoms with E-state index in [0.717, 1.165) is 29.4 Å². The maximum absolute atomic E-state index is 12.7. The molecule has 1 aliphatic carbocycles. The van der Waals surface area contributed by atoms with Crippen molar-refractivity contribution in [2.24, 2.45) is 0 Å². The van der Waals surface area contributed by atoms with E-state index in [1.54, 1.807) is 4.90 Å². The molecule has 1 aromatic heterocycles. The number of fused-ring (bicyclic) bond motifs is 2. The molecule has 0 radical (unpaired) electrons. The first-order valence-corrected chi connectivity index (χ1v) is 8.87. The lowest BCUT2D eigenvalue weighted by Crippen LogP contribution is -2.27. The minimum absolute atomic E-state index is 0.191. The van der Waals surface area contributed by atoms with Crippen LogP contribution in [0.2, 0.25) is 0 Å². The number of pyridine rings is 1. The molecule has 3 heteroatoms. The van der Waals surface area contributed by atoms with Gasteiger partial charge in [0.15, 0.2) is 0 Å². The van der Waals surface area contributed by atoms with Crippen molar-refractivity contribution in [3.63, 3.8) is 0 Å². The standard InChI is InChI=1S/C22H22N2O/c1-24(15-19-13-12-17-7-3-5-9-21(17)23-19)22(25)14-18-11-10-16-6-2-4-8-20(16)18/h2-9,12-13,18H,10-11,14-15H2,1H3. The number of aromatic nitrogens is 1. The Bertz CT molecular complexity index is 919. The summed E-state index contributed by atoms with van der Waals surface area (Å²) in [6.07, 6.45) is 2.75. The SMILES string of the molecule is CN(Cc1ccc2ccccc2n1)C(=O)CC1CCc2ccccc21. The molecular weight excluding hydrogens is 308 g/mol. The summed E-state index contributed by atoms with van der Waals surface area (Å²) in [5, 5.41) is 1.13. The highest BCUT2D eigenvalue weighted by molar-refractivity contribution is 5.79. The lowest BCUT2D eigenvalue weighted by molar-refractivity contribution is -0.130. The van der Waals surface area contributed by atoms with Crippen LogP contribution in [0.4, 0.5) is 0 Å². The summed E-state index contributed by atoms with van der Waals surface area (Å²) in [6, 6.07) is 20.7. The predicted molar refractivity (Wildman–Crippen MR) is 100 cm³/mol. The minimum Gasteiger partial charge on any atom is -0.340 e. The van der Waals surface area contributed by atoms with E-state index in [4.69, 9.17) is 0 Å². The number of hydrogen-bond donors (Lipinski definition) is 0. The lowest BCUT2D eigenvalue weighted by atomic mass is 9.97. The van der Waals surface area contributed by atoms with Gasteiger partial charge in [0.1, 0.15) is 0 Å². The smallest absolute Gasteiger partial charge is 0.223 e. The molecule has 0 aliphatic heterocycles. The van der Waals surface area contributed by atoms with Crippen LogP contribution in [0.15, 0.2) is 60.7 Å². The Kier molecular flexibility index (Phi) is 4.22. The van der Waals surface area contributed by atoms with E-state index < -0.39 is 0 Å². The molecule has 0 fully saturated rings. The Morgan fingerprint density at radius 1 is 1.08 bits per heavy atom. The molecule has 1 unspecified atom stereocenters. The number of benzene rings is 2. The van der Waals surface area contributed by atoms with Crippen LogP contribution in [0, 0.1) is 0 Å². The van der Waals surface area contributed by atoms with Gasteiger partial charge in [0.2, 0.25) is 5.91 Å². The number of carbonyl (C=O) groups is 1. The zero-order chi connectivity index (χ0) is 17.2. The van der Waals surface area contributed by atoms with Crippen LogP contribution in [0.25, 0.3) is 10.9 Å². The number of hydrogen-bond acceptors (Lipinski definition) is 2. The van der Waals surface area contributed by atoms with Crippen molar-refractivity contribution >= 4 is 16.8 Å². The highest BCUT2D eigenvalue weighted by Crippen LogP contribution is 2.35. The number of nitrogens with zero attached hydrogens (tertiary/aromatic N) is 2. The minimum atomic E-state index is 0.191. The molecule has 3 aromatic rings. The Balaban J connectivity index is 1.43. The van der Waals surface area contributed by atoms with Gasteiger partial charge in [0.25, 0.3) is 0 Å². The van der Waals surface area contributed by atoms with Gasteiger partial charge in [-0.3, -0.25) is 9.78 Å². The molecule has 4 rings (SSSR count). The molecule has 1 amide bonds. The van der Waals surface area contributed by atoms with Gasteiger partial charge < -0.3 is 4.90 Å². The van der Waals surface area contributed by atoms with Crippen LogP contribution in [0.3, 0.4) is 0 Å². The van der Waals surface area contributed by atoms with Crippen molar-refractivity contribution in [1.29, 1.82) is 0 Å². The zero-order valence-corrected chi connectivity index (χ0v) is 14.5. The van der Waals surface area contributed by atoms with E-state index in [1.807, 2.05) is 31.3 Å². The van der Waals surface area contributed by atoms with E-state index in [2.05, 4.69) is 41.4 Å². The Morgan fingerprint density at radius 2 is 1.88 bits per heavy atom. The number of amides is 1. The molecule has 0 spiro atoms. The van der Waals surface area contributed by atoms with Crippen LogP contribution in [-0.2, 0) is 17.8 Å². The molecule has 1 atom stereocenters. The topological polar surface area (TPSA) is 33.2 Å². The molecule has 0 bridgehead atoms. The first-order valence-electron chi connectivity index (χ1n) is 8.87. The van der Waals surface area contributed by atoms with Crippen molar-refractivity contribution in [2.45, 2.75) is 31.7 Å². The van der Waals surface area contributed by atoms with Crippen molar-refractivity contribution < 1.29 is 4.79 Å². The van der Waals surface area contributed by atoms with E-state index in [0.29, 0.717) is 18.9 Å². The zero-order valence-electron chi connectivity index (χ0n) is 14.5. The van der Waals surface area contributed by atoms with Gasteiger partial charge in [0, 0.05) is 18.9 Å². The molecule has 25 heavy (non-hydrogen) atoms. The van der Waals surface area contributed by atoms with Crippen molar-refractivity contribution in [1.82, 2.24) is 9.88 Å². The number of aryl methyl sites for hydroxylation is 1. The average molecular weight is 330 g/mol. The molecule has 2 aromatic carbocycles. The number of para-hydroxylation sites is 1. The monoisotopic (exact) mass is 330 g/mol. The van der Waals surface area contributed by atoms with E-state index in [1.165, 1.54) is 11.1 Å². The van der Waals surface area contributed by atoms with Crippen LogP contribution in [0.5, 0.6) is 0 Å². The van der Waals surface area contributed by atoms with Gasteiger partial charge >= 0.3 is 0 Å². The first-order chi connectivity index (χ1) is 12.2. The summed E-state index contributed by atoms with van der Waals surface area (Å²) in [4.78, 5) is 19.1. The lowest BCUT2D eigenvalue weighted by Gasteiger charge is -2.20. The van der Waals surface area contributed by atoms with E-state index >= 15 is 0 Å². The maximum Gasteiger partial charge on any atom is 0.223 e. The normalized spacial score (nSPS) is 16.0. The molecule has 0 N–H and O–H groups in total. The van der Waals surface area contributed by atoms with E-state index in [-0.39, 0.29) is 5.91 Å². The highest BCUT2D eigenvalue weighted by atomic mass is 16.2. The summed E-state index contributed by atoms with van der Waals surface area (Å²) in [7, 11) is 1.88. The summed E-state index contributed by atoms with van der Waals surface area (Å²) in [6.45, 7) is 0.554. The quantitative estimate of drug-likeness (QED) is 0.714. The molecule has 0 saturated heterocycles. The van der Waals surface area contributed by atoms with Crippen LogP contribution >= 0.6 is 0 Å². The van der Waals surface area contributed by atoms with Crippen LogP contribution in [0.1, 0.15) is 35.6 Å². The second-order valence-electron chi connectivity index (χ2n) is 6.88. The number of carbonyl (C=O) groups excluding carboxylic acids is 1. The molecule has 0 saturated carbocycles. The Hall–Kier alpha value is -2.68. The van der Waals surface area contributed by atoms with Gasteiger partial charge in [-0.1, -0.05) is 48.5 Å². The summed E-state index contributed by atoms with van der Waals surface area (Å²) < 4.78 is 0. The van der Waals surface area contributed by atoms with E-state index in [9.17, 15) is 4.79 Å². The molecule has 1 heterocycles. The second kappa shape index (κ2) is 6.67. The molecule has 1 aliphatic rings. The molecule has 126 valence electrons. The van der Waals surface area contributed by atoms with Gasteiger partial charge in [0.05, 0.1) is 17.8 Å². The van der Waals surface area contributed by atoms with Crippen molar-refractivity contribution in [3.8, 4) is 0 Å². The third-order valence-electron chi connectivity index (χ3n) is 5.16. The van der Waals surface area contributed by atoms with Gasteiger partial charge in [-0.25, -0.2) is 0 Å². The molecular formula is C22H22N2O. The maximum atomic E-state index is 12.7. The summed E-state index contributed by atoms with van der Waals surface area (Å²) >= 11 is 0. The highest BCUT2D eigenvalue weighted by Gasteiger charge is 2.25.